The molecule has 2 aromatic carbocycles. The summed E-state index contributed by atoms with van der Waals surface area (Å²) in [5.74, 6) is -0.457. The summed E-state index contributed by atoms with van der Waals surface area (Å²) in [6.45, 7) is 3.72. The van der Waals surface area contributed by atoms with Crippen LogP contribution in [0.25, 0.3) is 0 Å². The summed E-state index contributed by atoms with van der Waals surface area (Å²) >= 11 is 0. The predicted octanol–water partition coefficient (Wildman–Crippen LogP) is 3.57. The van der Waals surface area contributed by atoms with E-state index < -0.39 is 23.7 Å². The fraction of sp³-hybridized carbons (Fsp3) is 0.316. The molecule has 1 aliphatic heterocycles. The second-order valence-corrected chi connectivity index (χ2v) is 6.68. The van der Waals surface area contributed by atoms with Gasteiger partial charge in [0.15, 0.2) is 0 Å². The molecular weight excluding hydrogens is 359 g/mol. The molecule has 0 saturated carbocycles. The maximum atomic E-state index is 13.1. The molecule has 1 fully saturated rings. The lowest BCUT2D eigenvalue weighted by Crippen LogP contribution is -2.39. The number of hydrogen-bond donors (Lipinski definition) is 4. The first-order chi connectivity index (χ1) is 12.7. The minimum atomic E-state index is -4.56. The fourth-order valence-corrected chi connectivity index (χ4v) is 3.39. The van der Waals surface area contributed by atoms with Crippen LogP contribution in [-0.2, 0) is 11.0 Å². The zero-order chi connectivity index (χ0) is 19.8. The predicted molar refractivity (Wildman–Crippen MR) is 95.1 cm³/mol. The van der Waals surface area contributed by atoms with Gasteiger partial charge in [0, 0.05) is 5.56 Å². The number of rotatable bonds is 3. The summed E-state index contributed by atoms with van der Waals surface area (Å²) in [5.41, 5.74) is 7.01. The van der Waals surface area contributed by atoms with Gasteiger partial charge < -0.3 is 10.4 Å². The highest BCUT2D eigenvalue weighted by atomic mass is 19.4. The highest BCUT2D eigenvalue weighted by Crippen LogP contribution is 2.36. The van der Waals surface area contributed by atoms with Crippen molar-refractivity contribution in [3.63, 3.8) is 0 Å². The molecule has 2 unspecified atom stereocenters. The molecule has 0 bridgehead atoms. The van der Waals surface area contributed by atoms with Crippen molar-refractivity contribution in [3.8, 4) is 5.75 Å². The Bertz CT molecular complexity index is 845. The summed E-state index contributed by atoms with van der Waals surface area (Å²) in [6, 6.07) is 7.33. The van der Waals surface area contributed by atoms with Crippen molar-refractivity contribution in [1.29, 1.82) is 0 Å². The normalized spacial score (nSPS) is 19.9. The average molecular weight is 379 g/mol. The number of halogens is 3. The van der Waals surface area contributed by atoms with Crippen molar-refractivity contribution >= 4 is 11.6 Å². The summed E-state index contributed by atoms with van der Waals surface area (Å²) < 4.78 is 39.2. The number of hydrogen-bond acceptors (Lipinski definition) is 4. The number of anilines is 1. The number of hydrazine groups is 1. The molecule has 1 heterocycles. The molecule has 1 aliphatic rings. The number of phenols is 1. The number of amides is 1. The standard InChI is InChI=1S/C19H20F3N3O2/c1-10-7-11(2)17(16(26)8-10)14-9-15(25-24-14)18(27)23-13-6-4-3-5-12(13)19(20,21)22/h3-8,14-15,24-26H,9H2,1-2H3,(H,23,27). The third-order valence-corrected chi connectivity index (χ3v) is 4.57. The molecule has 144 valence electrons. The maximum absolute atomic E-state index is 13.1. The summed E-state index contributed by atoms with van der Waals surface area (Å²) in [7, 11) is 0. The highest BCUT2D eigenvalue weighted by Gasteiger charge is 2.36. The van der Waals surface area contributed by atoms with Crippen molar-refractivity contribution in [2.24, 2.45) is 0 Å². The Balaban J connectivity index is 1.74. The van der Waals surface area contributed by atoms with E-state index in [4.69, 9.17) is 0 Å². The van der Waals surface area contributed by atoms with Gasteiger partial charge in [-0.1, -0.05) is 18.2 Å². The number of carbonyl (C=O) groups excluding carboxylic acids is 1. The van der Waals surface area contributed by atoms with E-state index in [1.807, 2.05) is 19.9 Å². The van der Waals surface area contributed by atoms with E-state index in [0.29, 0.717) is 5.56 Å². The molecule has 3 rings (SSSR count). The van der Waals surface area contributed by atoms with Gasteiger partial charge in [-0.2, -0.15) is 13.2 Å². The van der Waals surface area contributed by atoms with E-state index in [1.54, 1.807) is 6.07 Å². The fourth-order valence-electron chi connectivity index (χ4n) is 3.39. The maximum Gasteiger partial charge on any atom is 0.418 e. The first kappa shape index (κ1) is 19.2. The van der Waals surface area contributed by atoms with Gasteiger partial charge in [-0.15, -0.1) is 0 Å². The number of alkyl halides is 3. The molecule has 0 radical (unpaired) electrons. The quantitative estimate of drug-likeness (QED) is 0.658. The lowest BCUT2D eigenvalue weighted by Gasteiger charge is -2.16. The van der Waals surface area contributed by atoms with Crippen LogP contribution in [0.15, 0.2) is 36.4 Å². The molecule has 2 atom stereocenters. The van der Waals surface area contributed by atoms with Gasteiger partial charge in [0.05, 0.1) is 17.3 Å². The monoisotopic (exact) mass is 379 g/mol. The topological polar surface area (TPSA) is 73.4 Å². The van der Waals surface area contributed by atoms with Crippen LogP contribution in [0.4, 0.5) is 18.9 Å². The van der Waals surface area contributed by atoms with E-state index in [1.165, 1.54) is 18.2 Å². The molecule has 5 nitrogen and oxygen atoms in total. The number of nitrogens with one attached hydrogen (secondary N) is 3. The Morgan fingerprint density at radius 3 is 2.56 bits per heavy atom. The third-order valence-electron chi connectivity index (χ3n) is 4.57. The molecule has 1 amide bonds. The van der Waals surface area contributed by atoms with Gasteiger partial charge in [-0.3, -0.25) is 4.79 Å². The Morgan fingerprint density at radius 2 is 1.89 bits per heavy atom. The van der Waals surface area contributed by atoms with Gasteiger partial charge in [-0.05, 0) is 49.6 Å². The zero-order valence-corrected chi connectivity index (χ0v) is 14.8. The van der Waals surface area contributed by atoms with Crippen molar-refractivity contribution in [3.05, 3.63) is 58.7 Å². The van der Waals surface area contributed by atoms with Crippen LogP contribution in [0.2, 0.25) is 0 Å². The number of para-hydroxylation sites is 1. The van der Waals surface area contributed by atoms with Crippen LogP contribution in [0.3, 0.4) is 0 Å². The largest absolute Gasteiger partial charge is 0.508 e. The molecular formula is C19H20F3N3O2. The smallest absolute Gasteiger partial charge is 0.418 e. The Morgan fingerprint density at radius 1 is 1.19 bits per heavy atom. The minimum Gasteiger partial charge on any atom is -0.508 e. The molecule has 8 heteroatoms. The molecule has 4 N–H and O–H groups in total. The SMILES string of the molecule is Cc1cc(C)c(C2CC(C(=O)Nc3ccccc3C(F)(F)F)NN2)c(O)c1. The summed E-state index contributed by atoms with van der Waals surface area (Å²) in [6.07, 6.45) is -4.27. The molecule has 0 aliphatic carbocycles. The first-order valence-corrected chi connectivity index (χ1v) is 8.45. The second-order valence-electron chi connectivity index (χ2n) is 6.68. The van der Waals surface area contributed by atoms with Crippen LogP contribution < -0.4 is 16.2 Å². The van der Waals surface area contributed by atoms with Crippen molar-refractivity contribution in [2.75, 3.05) is 5.32 Å². The molecule has 27 heavy (non-hydrogen) atoms. The number of phenolic OH excluding ortho intramolecular Hbond substituents is 1. The number of aryl methyl sites for hydroxylation is 2. The Hall–Kier alpha value is -2.58. The first-order valence-electron chi connectivity index (χ1n) is 8.45. The zero-order valence-electron chi connectivity index (χ0n) is 14.8. The van der Waals surface area contributed by atoms with Crippen LogP contribution in [0.5, 0.6) is 5.75 Å². The minimum absolute atomic E-state index is 0.121. The highest BCUT2D eigenvalue weighted by molar-refractivity contribution is 5.95. The number of aromatic hydroxyl groups is 1. The van der Waals surface area contributed by atoms with Gasteiger partial charge in [0.25, 0.3) is 0 Å². The van der Waals surface area contributed by atoms with E-state index in [9.17, 15) is 23.1 Å². The number of carbonyl (C=O) groups is 1. The number of benzene rings is 2. The van der Waals surface area contributed by atoms with Gasteiger partial charge in [0.1, 0.15) is 11.8 Å². The van der Waals surface area contributed by atoms with E-state index >= 15 is 0 Å². The van der Waals surface area contributed by atoms with Crippen LogP contribution >= 0.6 is 0 Å². The molecule has 0 aromatic heterocycles. The van der Waals surface area contributed by atoms with Gasteiger partial charge in [-0.25, -0.2) is 10.9 Å². The van der Waals surface area contributed by atoms with Gasteiger partial charge >= 0.3 is 6.18 Å². The average Bonchev–Trinajstić information content (AvgIpc) is 3.03. The summed E-state index contributed by atoms with van der Waals surface area (Å²) in [5, 5.41) is 12.6. The van der Waals surface area contributed by atoms with E-state index in [-0.39, 0.29) is 23.9 Å². The molecule has 1 saturated heterocycles. The summed E-state index contributed by atoms with van der Waals surface area (Å²) in [4.78, 5) is 12.5. The van der Waals surface area contributed by atoms with E-state index in [0.717, 1.165) is 17.2 Å². The Labute approximate surface area is 154 Å². The van der Waals surface area contributed by atoms with Crippen molar-refractivity contribution in [2.45, 2.75) is 38.5 Å². The van der Waals surface area contributed by atoms with E-state index in [2.05, 4.69) is 16.2 Å². The van der Waals surface area contributed by atoms with Crippen molar-refractivity contribution < 1.29 is 23.1 Å². The molecule has 2 aromatic rings. The lowest BCUT2D eigenvalue weighted by atomic mass is 9.95. The van der Waals surface area contributed by atoms with Crippen LogP contribution in [0, 0.1) is 13.8 Å². The third kappa shape index (κ3) is 4.06. The second kappa shape index (κ2) is 7.21. The van der Waals surface area contributed by atoms with Crippen molar-refractivity contribution in [1.82, 2.24) is 10.9 Å². The van der Waals surface area contributed by atoms with Crippen LogP contribution in [0.1, 0.15) is 34.7 Å². The Kier molecular flexibility index (Phi) is 5.12. The molecule has 0 spiro atoms. The lowest BCUT2D eigenvalue weighted by molar-refractivity contribution is -0.137. The van der Waals surface area contributed by atoms with Gasteiger partial charge in [0.2, 0.25) is 5.91 Å². The van der Waals surface area contributed by atoms with Crippen LogP contribution in [-0.4, -0.2) is 17.1 Å².